The molecule has 3 N–H and O–H groups in total. The lowest BCUT2D eigenvalue weighted by molar-refractivity contribution is 0.0663. The van der Waals surface area contributed by atoms with Gasteiger partial charge in [0.15, 0.2) is 5.11 Å². The molecule has 1 aromatic heterocycles. The van der Waals surface area contributed by atoms with Crippen molar-refractivity contribution in [2.45, 2.75) is 13.8 Å². The molecule has 6 nitrogen and oxygen atoms in total. The fraction of sp³-hybridized carbons (Fsp3) is 0.0952. The van der Waals surface area contributed by atoms with E-state index in [4.69, 9.17) is 21.7 Å². The number of hydrogen-bond donors (Lipinski definition) is 3. The Labute approximate surface area is 167 Å². The van der Waals surface area contributed by atoms with E-state index in [0.29, 0.717) is 17.0 Å². The van der Waals surface area contributed by atoms with Crippen molar-refractivity contribution in [3.63, 3.8) is 0 Å². The lowest BCUT2D eigenvalue weighted by Crippen LogP contribution is -2.34. The lowest BCUT2D eigenvalue weighted by Gasteiger charge is -2.12. The smallest absolute Gasteiger partial charge is 0.371 e. The van der Waals surface area contributed by atoms with Gasteiger partial charge < -0.3 is 14.8 Å². The monoisotopic (exact) mass is 394 g/mol. The number of benzene rings is 2. The molecule has 0 atom stereocenters. The molecule has 0 unspecified atom stereocenters. The van der Waals surface area contributed by atoms with Gasteiger partial charge in [-0.15, -0.1) is 0 Å². The van der Waals surface area contributed by atoms with Crippen LogP contribution in [-0.4, -0.2) is 22.1 Å². The minimum absolute atomic E-state index is 0.114. The maximum atomic E-state index is 12.3. The number of furan rings is 1. The summed E-state index contributed by atoms with van der Waals surface area (Å²) in [5.74, 6) is -1.04. The fourth-order valence-corrected chi connectivity index (χ4v) is 2.99. The van der Waals surface area contributed by atoms with Crippen molar-refractivity contribution in [2.24, 2.45) is 0 Å². The van der Waals surface area contributed by atoms with Gasteiger partial charge in [-0.25, -0.2) is 4.79 Å². The highest BCUT2D eigenvalue weighted by Crippen LogP contribution is 2.27. The minimum atomic E-state index is -1.11. The molecular formula is C21H18N2O4S. The van der Waals surface area contributed by atoms with Crippen LogP contribution >= 0.6 is 12.2 Å². The number of carbonyl (C=O) groups is 2. The average molecular weight is 394 g/mol. The van der Waals surface area contributed by atoms with E-state index >= 15 is 0 Å². The van der Waals surface area contributed by atoms with Crippen molar-refractivity contribution in [1.82, 2.24) is 5.32 Å². The molecule has 3 aromatic rings. The Morgan fingerprint density at radius 2 is 1.75 bits per heavy atom. The summed E-state index contributed by atoms with van der Waals surface area (Å²) < 4.78 is 5.34. The second-order valence-electron chi connectivity index (χ2n) is 6.22. The third-order valence-electron chi connectivity index (χ3n) is 4.18. The van der Waals surface area contributed by atoms with Gasteiger partial charge in [-0.2, -0.15) is 0 Å². The zero-order chi connectivity index (χ0) is 20.3. The summed E-state index contributed by atoms with van der Waals surface area (Å²) in [7, 11) is 0. The van der Waals surface area contributed by atoms with Crippen LogP contribution in [0.1, 0.15) is 32.0 Å². The second-order valence-corrected chi connectivity index (χ2v) is 6.63. The van der Waals surface area contributed by atoms with Gasteiger partial charge in [-0.05, 0) is 73.6 Å². The van der Waals surface area contributed by atoms with Crippen molar-refractivity contribution in [3.05, 3.63) is 77.0 Å². The number of carbonyl (C=O) groups excluding carboxylic acids is 1. The molecule has 0 fully saturated rings. The van der Waals surface area contributed by atoms with Gasteiger partial charge in [0.05, 0.1) is 0 Å². The number of anilines is 1. The molecule has 1 amide bonds. The first kappa shape index (κ1) is 19.3. The number of aryl methyl sites for hydroxylation is 2. The molecule has 0 bridgehead atoms. The van der Waals surface area contributed by atoms with Crippen LogP contribution in [0, 0.1) is 13.8 Å². The van der Waals surface area contributed by atoms with Crippen molar-refractivity contribution in [2.75, 3.05) is 5.32 Å². The third-order valence-corrected chi connectivity index (χ3v) is 4.39. The zero-order valence-electron chi connectivity index (χ0n) is 15.3. The Morgan fingerprint density at radius 3 is 2.39 bits per heavy atom. The first-order valence-electron chi connectivity index (χ1n) is 8.47. The van der Waals surface area contributed by atoms with Crippen LogP contribution in [0.15, 0.2) is 59.0 Å². The summed E-state index contributed by atoms with van der Waals surface area (Å²) in [5.41, 5.74) is 3.76. The number of nitrogens with one attached hydrogen (secondary N) is 2. The van der Waals surface area contributed by atoms with E-state index in [1.54, 1.807) is 30.3 Å². The molecule has 2 aromatic carbocycles. The number of carboxylic acids is 1. The molecule has 0 saturated heterocycles. The van der Waals surface area contributed by atoms with E-state index in [-0.39, 0.29) is 16.8 Å². The molecule has 0 radical (unpaired) electrons. The van der Waals surface area contributed by atoms with Gasteiger partial charge in [0.25, 0.3) is 5.91 Å². The van der Waals surface area contributed by atoms with Gasteiger partial charge in [0.2, 0.25) is 5.76 Å². The van der Waals surface area contributed by atoms with E-state index < -0.39 is 5.97 Å². The van der Waals surface area contributed by atoms with Gasteiger partial charge in [-0.3, -0.25) is 10.1 Å². The molecule has 142 valence electrons. The van der Waals surface area contributed by atoms with Crippen molar-refractivity contribution in [3.8, 4) is 11.3 Å². The number of rotatable bonds is 4. The fourth-order valence-electron chi connectivity index (χ4n) is 2.78. The lowest BCUT2D eigenvalue weighted by atomic mass is 10.1. The minimum Gasteiger partial charge on any atom is -0.475 e. The largest absolute Gasteiger partial charge is 0.475 e. The predicted octanol–water partition coefficient (Wildman–Crippen LogP) is 4.39. The number of thiocarbonyl (C=S) groups is 1. The Morgan fingerprint density at radius 1 is 1.00 bits per heavy atom. The average Bonchev–Trinajstić information content (AvgIpc) is 3.12. The Bertz CT molecular complexity index is 1070. The summed E-state index contributed by atoms with van der Waals surface area (Å²) in [4.78, 5) is 23.3. The topological polar surface area (TPSA) is 91.6 Å². The first-order chi connectivity index (χ1) is 13.3. The molecular weight excluding hydrogens is 376 g/mol. The highest BCUT2D eigenvalue weighted by Gasteiger charge is 2.13. The molecule has 0 aliphatic rings. The highest BCUT2D eigenvalue weighted by molar-refractivity contribution is 7.80. The van der Waals surface area contributed by atoms with Crippen molar-refractivity contribution in [1.29, 1.82) is 0 Å². The maximum Gasteiger partial charge on any atom is 0.371 e. The molecule has 0 aliphatic heterocycles. The molecule has 0 saturated carbocycles. The van der Waals surface area contributed by atoms with Crippen LogP contribution in [0.5, 0.6) is 0 Å². The Kier molecular flexibility index (Phi) is 5.56. The molecule has 0 aliphatic carbocycles. The van der Waals surface area contributed by atoms with Gasteiger partial charge in [-0.1, -0.05) is 18.2 Å². The summed E-state index contributed by atoms with van der Waals surface area (Å²) in [6.45, 7) is 3.73. The molecule has 28 heavy (non-hydrogen) atoms. The van der Waals surface area contributed by atoms with Crippen LogP contribution in [0.25, 0.3) is 11.3 Å². The van der Waals surface area contributed by atoms with Crippen LogP contribution in [0.4, 0.5) is 5.69 Å². The molecule has 0 spiro atoms. The van der Waals surface area contributed by atoms with Crippen LogP contribution < -0.4 is 10.6 Å². The first-order valence-corrected chi connectivity index (χ1v) is 8.88. The summed E-state index contributed by atoms with van der Waals surface area (Å²) in [6, 6.07) is 15.7. The summed E-state index contributed by atoms with van der Waals surface area (Å²) in [5, 5.41) is 14.8. The Balaban J connectivity index is 1.70. The number of hydrogen-bond acceptors (Lipinski definition) is 4. The summed E-state index contributed by atoms with van der Waals surface area (Å²) in [6.07, 6.45) is 0. The van der Waals surface area contributed by atoms with E-state index in [2.05, 4.69) is 10.6 Å². The van der Waals surface area contributed by atoms with E-state index in [0.717, 1.165) is 16.7 Å². The maximum absolute atomic E-state index is 12.3. The standard InChI is InChI=1S/C21H18N2O4S/c1-12-5-3-4-6-16(12)19(24)23-21(28)22-14-7-8-15(13(2)11-14)17-9-10-18(27-17)20(25)26/h3-11H,1-2H3,(H,25,26)(H2,22,23,24,28). The second kappa shape index (κ2) is 8.06. The van der Waals surface area contributed by atoms with Crippen LogP contribution in [0.3, 0.4) is 0 Å². The normalized spacial score (nSPS) is 10.4. The van der Waals surface area contributed by atoms with E-state index in [1.165, 1.54) is 6.07 Å². The SMILES string of the molecule is Cc1ccccc1C(=O)NC(=S)Nc1ccc(-c2ccc(C(=O)O)o2)c(C)c1. The highest BCUT2D eigenvalue weighted by atomic mass is 32.1. The molecule has 7 heteroatoms. The number of amides is 1. The summed E-state index contributed by atoms with van der Waals surface area (Å²) >= 11 is 5.23. The quantitative estimate of drug-likeness (QED) is 0.569. The van der Waals surface area contributed by atoms with E-state index in [9.17, 15) is 9.59 Å². The van der Waals surface area contributed by atoms with Gasteiger partial charge in [0, 0.05) is 16.8 Å². The predicted molar refractivity (Wildman–Crippen MR) is 111 cm³/mol. The van der Waals surface area contributed by atoms with E-state index in [1.807, 2.05) is 32.0 Å². The van der Waals surface area contributed by atoms with Crippen LogP contribution in [0.2, 0.25) is 0 Å². The zero-order valence-corrected chi connectivity index (χ0v) is 16.1. The van der Waals surface area contributed by atoms with Gasteiger partial charge >= 0.3 is 5.97 Å². The number of carboxylic acid groups (broad SMARTS) is 1. The van der Waals surface area contributed by atoms with Crippen LogP contribution in [-0.2, 0) is 0 Å². The Hall–Kier alpha value is -3.45. The molecule has 1 heterocycles. The van der Waals surface area contributed by atoms with Crippen molar-refractivity contribution < 1.29 is 19.1 Å². The third kappa shape index (κ3) is 4.27. The van der Waals surface area contributed by atoms with Crippen molar-refractivity contribution >= 4 is 34.9 Å². The number of aromatic carboxylic acids is 1. The molecule has 3 rings (SSSR count). The van der Waals surface area contributed by atoms with Gasteiger partial charge in [0.1, 0.15) is 5.76 Å².